The van der Waals surface area contributed by atoms with Crippen molar-refractivity contribution in [1.29, 1.82) is 0 Å². The summed E-state index contributed by atoms with van der Waals surface area (Å²) >= 11 is 0. The predicted molar refractivity (Wildman–Crippen MR) is 128 cm³/mol. The average Bonchev–Trinajstić information content (AvgIpc) is 3.48. The third-order valence-electron chi connectivity index (χ3n) is 6.79. The van der Waals surface area contributed by atoms with Crippen molar-refractivity contribution in [1.82, 2.24) is 25.2 Å². The summed E-state index contributed by atoms with van der Waals surface area (Å²) < 4.78 is 7.28. The number of aromatic amines is 1. The minimum absolute atomic E-state index is 0.147. The van der Waals surface area contributed by atoms with Crippen LogP contribution in [-0.2, 0) is 12.0 Å². The van der Waals surface area contributed by atoms with Crippen LogP contribution < -0.4 is 15.2 Å². The van der Waals surface area contributed by atoms with Gasteiger partial charge in [0.1, 0.15) is 11.8 Å². The van der Waals surface area contributed by atoms with Gasteiger partial charge in [-0.2, -0.15) is 0 Å². The first kappa shape index (κ1) is 21.2. The molecule has 2 aromatic carbocycles. The molecule has 0 radical (unpaired) electrons. The highest BCUT2D eigenvalue weighted by Gasteiger charge is 2.36. The Bertz CT molecular complexity index is 1370. The lowest BCUT2D eigenvalue weighted by molar-refractivity contribution is 0.287. The number of hydrogen-bond acceptors (Lipinski definition) is 6. The highest BCUT2D eigenvalue weighted by molar-refractivity contribution is 5.81. The van der Waals surface area contributed by atoms with E-state index in [-0.39, 0.29) is 11.1 Å². The van der Waals surface area contributed by atoms with Crippen LogP contribution in [0.2, 0.25) is 0 Å². The lowest BCUT2D eigenvalue weighted by atomic mass is 9.99. The predicted octanol–water partition coefficient (Wildman–Crippen LogP) is 3.82. The van der Waals surface area contributed by atoms with Gasteiger partial charge in [-0.3, -0.25) is 4.79 Å². The molecule has 1 N–H and O–H groups in total. The Labute approximate surface area is 192 Å². The van der Waals surface area contributed by atoms with Gasteiger partial charge in [0.05, 0.1) is 12.6 Å². The van der Waals surface area contributed by atoms with Crippen molar-refractivity contribution in [3.63, 3.8) is 0 Å². The first-order valence-corrected chi connectivity index (χ1v) is 11.3. The molecule has 33 heavy (non-hydrogen) atoms. The van der Waals surface area contributed by atoms with E-state index in [1.165, 1.54) is 5.56 Å². The molecule has 1 aliphatic rings. The Hall–Kier alpha value is -3.68. The Morgan fingerprint density at radius 3 is 2.79 bits per heavy atom. The molecule has 0 spiro atoms. The van der Waals surface area contributed by atoms with Crippen LogP contribution >= 0.6 is 0 Å². The van der Waals surface area contributed by atoms with Crippen LogP contribution in [0.25, 0.3) is 10.9 Å². The van der Waals surface area contributed by atoms with Gasteiger partial charge in [0.2, 0.25) is 0 Å². The van der Waals surface area contributed by atoms with Gasteiger partial charge in [0.15, 0.2) is 5.82 Å². The fourth-order valence-corrected chi connectivity index (χ4v) is 4.56. The first-order valence-electron chi connectivity index (χ1n) is 11.3. The number of fused-ring (bicyclic) bond motifs is 2. The molecule has 8 nitrogen and oxygen atoms in total. The standard InChI is InChI=1S/C25H28N6O2/c1-5-25(2,3)31-23(27-28-29-31)22(30-13-12-16-8-6-7-9-21(16)30)19-15-17-14-18(33-4)10-11-20(17)26-24(19)32/h6-11,14-15,22H,5,12-13H2,1-4H3,(H,26,32)/t22-/m1/s1. The summed E-state index contributed by atoms with van der Waals surface area (Å²) in [4.78, 5) is 18.7. The monoisotopic (exact) mass is 444 g/mol. The number of aromatic nitrogens is 5. The van der Waals surface area contributed by atoms with Crippen molar-refractivity contribution >= 4 is 16.6 Å². The van der Waals surface area contributed by atoms with Gasteiger partial charge in [-0.15, -0.1) is 5.10 Å². The quantitative estimate of drug-likeness (QED) is 0.486. The number of para-hydroxylation sites is 1. The highest BCUT2D eigenvalue weighted by Crippen LogP contribution is 2.38. The first-order chi connectivity index (χ1) is 15.9. The number of tetrazole rings is 1. The van der Waals surface area contributed by atoms with Gasteiger partial charge < -0.3 is 14.6 Å². The summed E-state index contributed by atoms with van der Waals surface area (Å²) in [6.45, 7) is 7.11. The summed E-state index contributed by atoms with van der Waals surface area (Å²) in [5, 5.41) is 13.7. The van der Waals surface area contributed by atoms with Crippen molar-refractivity contribution < 1.29 is 4.74 Å². The van der Waals surface area contributed by atoms with Crippen LogP contribution in [0.3, 0.4) is 0 Å². The van der Waals surface area contributed by atoms with Crippen LogP contribution in [0, 0.1) is 0 Å². The van der Waals surface area contributed by atoms with Gasteiger partial charge in [-0.25, -0.2) is 4.68 Å². The molecule has 1 aliphatic heterocycles. The molecule has 1 atom stereocenters. The summed E-state index contributed by atoms with van der Waals surface area (Å²) in [7, 11) is 1.64. The molecular weight excluding hydrogens is 416 g/mol. The van der Waals surface area contributed by atoms with E-state index in [1.807, 2.05) is 35.0 Å². The van der Waals surface area contributed by atoms with Crippen LogP contribution in [0.4, 0.5) is 5.69 Å². The number of methoxy groups -OCH3 is 1. The second-order valence-corrected chi connectivity index (χ2v) is 9.10. The molecule has 0 saturated heterocycles. The maximum atomic E-state index is 13.4. The SMILES string of the molecule is CCC(C)(C)n1nnnc1[C@@H](c1cc2cc(OC)ccc2[nH]c1=O)N1CCc2ccccc21. The second kappa shape index (κ2) is 8.03. The van der Waals surface area contributed by atoms with E-state index in [4.69, 9.17) is 4.74 Å². The molecule has 3 heterocycles. The Kier molecular flexibility index (Phi) is 5.15. The van der Waals surface area contributed by atoms with E-state index in [1.54, 1.807) is 7.11 Å². The fourth-order valence-electron chi connectivity index (χ4n) is 4.56. The number of anilines is 1. The van der Waals surface area contributed by atoms with Gasteiger partial charge in [0.25, 0.3) is 5.56 Å². The van der Waals surface area contributed by atoms with E-state index in [2.05, 4.69) is 64.4 Å². The van der Waals surface area contributed by atoms with Crippen LogP contribution in [0.5, 0.6) is 5.75 Å². The van der Waals surface area contributed by atoms with E-state index in [9.17, 15) is 4.79 Å². The van der Waals surface area contributed by atoms with Gasteiger partial charge in [-0.1, -0.05) is 25.1 Å². The van der Waals surface area contributed by atoms with Crippen molar-refractivity contribution in [2.24, 2.45) is 0 Å². The third-order valence-corrected chi connectivity index (χ3v) is 6.79. The summed E-state index contributed by atoms with van der Waals surface area (Å²) in [6, 6.07) is 15.5. The Morgan fingerprint density at radius 2 is 2.00 bits per heavy atom. The Morgan fingerprint density at radius 1 is 1.18 bits per heavy atom. The van der Waals surface area contributed by atoms with Crippen LogP contribution in [0.1, 0.15) is 50.2 Å². The number of hydrogen-bond donors (Lipinski definition) is 1. The molecule has 0 amide bonds. The zero-order valence-corrected chi connectivity index (χ0v) is 19.4. The molecule has 0 aliphatic carbocycles. The largest absolute Gasteiger partial charge is 0.497 e. The van der Waals surface area contributed by atoms with E-state index in [0.717, 1.165) is 41.7 Å². The Balaban J connectivity index is 1.75. The smallest absolute Gasteiger partial charge is 0.254 e. The normalized spacial score (nSPS) is 14.5. The number of pyridine rings is 1. The number of nitrogens with zero attached hydrogens (tertiary/aromatic N) is 5. The molecular formula is C25H28N6O2. The average molecular weight is 445 g/mol. The van der Waals surface area contributed by atoms with Gasteiger partial charge in [-0.05, 0) is 73.0 Å². The molecule has 0 fully saturated rings. The van der Waals surface area contributed by atoms with Crippen molar-refractivity contribution in [2.75, 3.05) is 18.6 Å². The zero-order chi connectivity index (χ0) is 23.2. The minimum atomic E-state index is -0.436. The molecule has 2 aromatic heterocycles. The number of H-pyrrole nitrogens is 1. The molecule has 0 saturated carbocycles. The molecule has 8 heteroatoms. The van der Waals surface area contributed by atoms with Crippen molar-refractivity contribution in [3.8, 4) is 5.75 Å². The van der Waals surface area contributed by atoms with Gasteiger partial charge >= 0.3 is 0 Å². The molecule has 0 unspecified atom stereocenters. The third kappa shape index (κ3) is 3.55. The van der Waals surface area contributed by atoms with Crippen molar-refractivity contribution in [3.05, 3.63) is 75.8 Å². The van der Waals surface area contributed by atoms with Crippen molar-refractivity contribution in [2.45, 2.75) is 45.2 Å². The molecule has 4 aromatic rings. The molecule has 170 valence electrons. The lowest BCUT2D eigenvalue weighted by Gasteiger charge is -2.32. The zero-order valence-electron chi connectivity index (χ0n) is 19.4. The molecule has 5 rings (SSSR count). The minimum Gasteiger partial charge on any atom is -0.497 e. The number of benzene rings is 2. The topological polar surface area (TPSA) is 88.9 Å². The van der Waals surface area contributed by atoms with E-state index in [0.29, 0.717) is 11.4 Å². The number of ether oxygens (including phenoxy) is 1. The van der Waals surface area contributed by atoms with Gasteiger partial charge in [0, 0.05) is 28.7 Å². The maximum absolute atomic E-state index is 13.4. The van der Waals surface area contributed by atoms with Crippen LogP contribution in [-0.4, -0.2) is 38.8 Å². The number of rotatable bonds is 6. The van der Waals surface area contributed by atoms with E-state index < -0.39 is 6.04 Å². The fraction of sp³-hybridized carbons (Fsp3) is 0.360. The lowest BCUT2D eigenvalue weighted by Crippen LogP contribution is -2.37. The highest BCUT2D eigenvalue weighted by atomic mass is 16.5. The second-order valence-electron chi connectivity index (χ2n) is 9.10. The number of nitrogens with one attached hydrogen (secondary N) is 1. The maximum Gasteiger partial charge on any atom is 0.254 e. The summed E-state index contributed by atoms with van der Waals surface area (Å²) in [5.74, 6) is 1.40. The van der Waals surface area contributed by atoms with Crippen LogP contribution in [0.15, 0.2) is 53.3 Å². The summed E-state index contributed by atoms with van der Waals surface area (Å²) in [6.07, 6.45) is 1.75. The summed E-state index contributed by atoms with van der Waals surface area (Å²) in [5.41, 5.74) is 3.29. The molecule has 0 bridgehead atoms. The van der Waals surface area contributed by atoms with E-state index >= 15 is 0 Å².